The first-order valence-electron chi connectivity index (χ1n) is 7.50. The molecule has 3 rings (SSSR count). The fraction of sp³-hybridized carbons (Fsp3) is 0.438. The summed E-state index contributed by atoms with van der Waals surface area (Å²) < 4.78 is 5.31. The molecule has 0 radical (unpaired) electrons. The number of carboxylic acid groups (broad SMARTS) is 1. The predicted octanol–water partition coefficient (Wildman–Crippen LogP) is 1.55. The normalized spacial score (nSPS) is 15.8. The van der Waals surface area contributed by atoms with E-state index in [0.717, 1.165) is 25.7 Å². The van der Waals surface area contributed by atoms with E-state index in [1.54, 1.807) is 6.07 Å². The number of hydrogen-bond acceptors (Lipinski definition) is 5. The number of carbonyl (C=O) groups excluding carboxylic acids is 2. The fourth-order valence-electron chi connectivity index (χ4n) is 2.85. The van der Waals surface area contributed by atoms with Crippen LogP contribution in [-0.4, -0.2) is 21.9 Å². The third-order valence-corrected chi connectivity index (χ3v) is 4.06. The first kappa shape index (κ1) is 14.6. The third kappa shape index (κ3) is 3.10. The molecule has 0 aliphatic heterocycles. The maximum absolute atomic E-state index is 12.0. The minimum Gasteiger partial charge on any atom is -0.545 e. The number of aromatic carboxylic acids is 1. The summed E-state index contributed by atoms with van der Waals surface area (Å²) in [5, 5.41) is 10.8. The van der Waals surface area contributed by atoms with E-state index in [1.807, 2.05) is 0 Å². The zero-order valence-electron chi connectivity index (χ0n) is 12.1. The number of carbonyl (C=O) groups is 2. The quantitative estimate of drug-likeness (QED) is 0.864. The van der Waals surface area contributed by atoms with Gasteiger partial charge in [0.25, 0.3) is 0 Å². The molecule has 1 aliphatic carbocycles. The molecule has 1 aliphatic rings. The smallest absolute Gasteiger partial charge is 0.309 e. The van der Waals surface area contributed by atoms with Crippen LogP contribution in [0.5, 0.6) is 0 Å². The largest absolute Gasteiger partial charge is 0.545 e. The van der Waals surface area contributed by atoms with E-state index < -0.39 is 5.97 Å². The van der Waals surface area contributed by atoms with Crippen LogP contribution in [-0.2, 0) is 16.1 Å². The highest BCUT2D eigenvalue weighted by molar-refractivity contribution is 5.91. The highest BCUT2D eigenvalue weighted by Gasteiger charge is 2.22. The lowest BCUT2D eigenvalue weighted by atomic mass is 9.89. The molecule has 2 aromatic rings. The second-order valence-electron chi connectivity index (χ2n) is 5.65. The van der Waals surface area contributed by atoms with Gasteiger partial charge in [-0.1, -0.05) is 25.3 Å². The lowest BCUT2D eigenvalue weighted by Crippen LogP contribution is -2.21. The van der Waals surface area contributed by atoms with E-state index in [9.17, 15) is 14.7 Å². The molecular formula is C16H17N2O4-. The number of nitrogens with one attached hydrogen (secondary N) is 1. The van der Waals surface area contributed by atoms with Gasteiger partial charge in [-0.2, -0.15) is 0 Å². The van der Waals surface area contributed by atoms with Gasteiger partial charge in [0, 0.05) is 0 Å². The summed E-state index contributed by atoms with van der Waals surface area (Å²) in [6.07, 6.45) is 5.14. The highest BCUT2D eigenvalue weighted by Crippen LogP contribution is 2.25. The number of H-pyrrole nitrogens is 1. The molecule has 0 saturated heterocycles. The standard InChI is InChI=1S/C16H18N2O4/c19-15(20)11-6-7-12-13(8-11)18-14(17-12)9-22-16(21)10-4-2-1-3-5-10/h6-8,10H,1-5,9H2,(H,17,18)(H,19,20)/p-1. The van der Waals surface area contributed by atoms with Crippen LogP contribution in [0, 0.1) is 5.92 Å². The number of benzene rings is 1. The molecule has 0 atom stereocenters. The van der Waals surface area contributed by atoms with E-state index >= 15 is 0 Å². The van der Waals surface area contributed by atoms with Crippen LogP contribution in [0.4, 0.5) is 0 Å². The second-order valence-corrected chi connectivity index (χ2v) is 5.65. The summed E-state index contributed by atoms with van der Waals surface area (Å²) in [6, 6.07) is 4.50. The maximum Gasteiger partial charge on any atom is 0.309 e. The van der Waals surface area contributed by atoms with Crippen LogP contribution in [0.3, 0.4) is 0 Å². The van der Waals surface area contributed by atoms with Gasteiger partial charge in [-0.15, -0.1) is 0 Å². The molecule has 6 nitrogen and oxygen atoms in total. The number of nitrogens with zero attached hydrogens (tertiary/aromatic N) is 1. The summed E-state index contributed by atoms with van der Waals surface area (Å²) in [4.78, 5) is 30.1. The molecule has 0 bridgehead atoms. The molecule has 0 unspecified atom stereocenters. The SMILES string of the molecule is O=C([O-])c1ccc2nc(COC(=O)C3CCCCC3)[nH]c2c1. The molecule has 6 heteroatoms. The van der Waals surface area contributed by atoms with Crippen LogP contribution < -0.4 is 5.11 Å². The van der Waals surface area contributed by atoms with Crippen molar-refractivity contribution in [3.63, 3.8) is 0 Å². The van der Waals surface area contributed by atoms with Crippen molar-refractivity contribution >= 4 is 23.0 Å². The van der Waals surface area contributed by atoms with Gasteiger partial charge in [0.15, 0.2) is 0 Å². The second kappa shape index (κ2) is 6.17. The summed E-state index contributed by atoms with van der Waals surface area (Å²) in [6.45, 7) is 0.0741. The van der Waals surface area contributed by atoms with Crippen LogP contribution >= 0.6 is 0 Å². The summed E-state index contributed by atoms with van der Waals surface area (Å²) in [5.41, 5.74) is 1.31. The van der Waals surface area contributed by atoms with Gasteiger partial charge >= 0.3 is 5.97 Å². The number of rotatable bonds is 4. The third-order valence-electron chi connectivity index (χ3n) is 4.06. The number of carboxylic acids is 1. The molecule has 22 heavy (non-hydrogen) atoms. The Morgan fingerprint density at radius 3 is 2.77 bits per heavy atom. The molecule has 116 valence electrons. The Morgan fingerprint density at radius 1 is 1.27 bits per heavy atom. The number of fused-ring (bicyclic) bond motifs is 1. The Hall–Kier alpha value is -2.37. The van der Waals surface area contributed by atoms with Crippen LogP contribution in [0.2, 0.25) is 0 Å². The molecular weight excluding hydrogens is 284 g/mol. The number of aromatic amines is 1. The number of hydrogen-bond donors (Lipinski definition) is 1. The molecule has 1 heterocycles. The van der Waals surface area contributed by atoms with Crippen molar-refractivity contribution in [2.75, 3.05) is 0 Å². The van der Waals surface area contributed by atoms with Gasteiger partial charge < -0.3 is 19.6 Å². The van der Waals surface area contributed by atoms with E-state index in [-0.39, 0.29) is 24.1 Å². The van der Waals surface area contributed by atoms with Crippen molar-refractivity contribution in [1.82, 2.24) is 9.97 Å². The molecule has 1 fully saturated rings. The topological polar surface area (TPSA) is 95.1 Å². The minimum atomic E-state index is -1.23. The van der Waals surface area contributed by atoms with Crippen LogP contribution in [0.25, 0.3) is 11.0 Å². The predicted molar refractivity (Wildman–Crippen MR) is 76.8 cm³/mol. The van der Waals surface area contributed by atoms with Gasteiger partial charge in [-0.3, -0.25) is 4.79 Å². The Labute approximate surface area is 127 Å². The van der Waals surface area contributed by atoms with Gasteiger partial charge in [-0.05, 0) is 30.5 Å². The molecule has 0 amide bonds. The van der Waals surface area contributed by atoms with Crippen molar-refractivity contribution in [2.45, 2.75) is 38.7 Å². The first-order chi connectivity index (χ1) is 10.6. The first-order valence-corrected chi connectivity index (χ1v) is 7.50. The van der Waals surface area contributed by atoms with Crippen molar-refractivity contribution in [3.8, 4) is 0 Å². The Balaban J connectivity index is 1.66. The summed E-state index contributed by atoms with van der Waals surface area (Å²) in [5.74, 6) is -0.894. The highest BCUT2D eigenvalue weighted by atomic mass is 16.5. The van der Waals surface area contributed by atoms with Gasteiger partial charge in [0.2, 0.25) is 0 Å². The molecule has 1 N–H and O–H groups in total. The summed E-state index contributed by atoms with van der Waals surface area (Å²) >= 11 is 0. The van der Waals surface area contributed by atoms with Crippen molar-refractivity contribution < 1.29 is 19.4 Å². The Bertz CT molecular complexity index is 701. The van der Waals surface area contributed by atoms with E-state index in [1.165, 1.54) is 18.6 Å². The molecule has 1 aromatic carbocycles. The van der Waals surface area contributed by atoms with E-state index in [0.29, 0.717) is 16.9 Å². The molecule has 0 spiro atoms. The van der Waals surface area contributed by atoms with Crippen molar-refractivity contribution in [3.05, 3.63) is 29.6 Å². The number of esters is 1. The zero-order chi connectivity index (χ0) is 15.5. The Kier molecular flexibility index (Phi) is 4.09. The monoisotopic (exact) mass is 301 g/mol. The van der Waals surface area contributed by atoms with Gasteiger partial charge in [0.1, 0.15) is 12.4 Å². The van der Waals surface area contributed by atoms with E-state index in [2.05, 4.69) is 9.97 Å². The van der Waals surface area contributed by atoms with Crippen molar-refractivity contribution in [2.24, 2.45) is 5.92 Å². The summed E-state index contributed by atoms with van der Waals surface area (Å²) in [7, 11) is 0. The van der Waals surface area contributed by atoms with Crippen molar-refractivity contribution in [1.29, 1.82) is 0 Å². The fourth-order valence-corrected chi connectivity index (χ4v) is 2.85. The lowest BCUT2D eigenvalue weighted by molar-refractivity contribution is -0.255. The molecule has 1 aromatic heterocycles. The number of aromatic nitrogens is 2. The maximum atomic E-state index is 12.0. The van der Waals surface area contributed by atoms with E-state index in [4.69, 9.17) is 4.74 Å². The molecule has 1 saturated carbocycles. The average molecular weight is 301 g/mol. The van der Waals surface area contributed by atoms with Crippen LogP contribution in [0.1, 0.15) is 48.3 Å². The lowest BCUT2D eigenvalue weighted by Gasteiger charge is -2.19. The number of ether oxygens (including phenoxy) is 1. The van der Waals surface area contributed by atoms with Gasteiger partial charge in [0.05, 0.1) is 22.9 Å². The Morgan fingerprint density at radius 2 is 2.05 bits per heavy atom. The van der Waals surface area contributed by atoms with Gasteiger partial charge in [-0.25, -0.2) is 4.98 Å². The zero-order valence-corrected chi connectivity index (χ0v) is 12.1. The number of imidazole rings is 1. The van der Waals surface area contributed by atoms with Crippen LogP contribution in [0.15, 0.2) is 18.2 Å². The average Bonchev–Trinajstić information content (AvgIpc) is 2.95. The minimum absolute atomic E-state index is 0.00261.